The van der Waals surface area contributed by atoms with Crippen molar-refractivity contribution in [3.8, 4) is 17.1 Å². The second-order valence-electron chi connectivity index (χ2n) is 12.3. The predicted octanol–water partition coefficient (Wildman–Crippen LogP) is 4.63. The number of piperazine rings is 1. The van der Waals surface area contributed by atoms with Crippen LogP contribution in [-0.2, 0) is 11.0 Å². The number of likely N-dealkylation sites (N-methyl/N-ethyl adjacent to an activating group) is 1. The van der Waals surface area contributed by atoms with Gasteiger partial charge < -0.3 is 30.1 Å². The Morgan fingerprint density at radius 3 is 2.62 bits per heavy atom. The van der Waals surface area contributed by atoms with E-state index < -0.39 is 17.7 Å². The Morgan fingerprint density at radius 2 is 1.89 bits per heavy atom. The maximum absolute atomic E-state index is 13.9. The van der Waals surface area contributed by atoms with Gasteiger partial charge in [-0.05, 0) is 69.3 Å². The standard InChI is InChI=1S/C34H40F3N7O3/c1-4-22-20-43(33(46)25-18-39-29-23(25)8-6-10-26(29)34(35,36)37)16-17-44(22)28-12-11-27(24-9-7-14-38-32(24)47-5-2)41-30(28)31(45)40-21-13-15-42(3)19-21/h6-12,14,21-22,25,39H,4-5,13,15-20H2,1-3H3,(H,40,45)/t21-,22+,25?/m0/s1. The number of alkyl halides is 3. The van der Waals surface area contributed by atoms with Crippen LogP contribution in [0.25, 0.3) is 11.3 Å². The van der Waals surface area contributed by atoms with Gasteiger partial charge in [-0.3, -0.25) is 9.59 Å². The van der Waals surface area contributed by atoms with Gasteiger partial charge in [-0.1, -0.05) is 19.1 Å². The fourth-order valence-electron chi connectivity index (χ4n) is 6.92. The average molecular weight is 652 g/mol. The van der Waals surface area contributed by atoms with Crippen LogP contribution in [0, 0.1) is 0 Å². The van der Waals surface area contributed by atoms with E-state index in [1.807, 2.05) is 39.1 Å². The van der Waals surface area contributed by atoms with Crippen molar-refractivity contribution in [2.45, 2.75) is 50.9 Å². The molecule has 6 rings (SSSR count). The number of pyridine rings is 2. The van der Waals surface area contributed by atoms with Gasteiger partial charge in [-0.2, -0.15) is 13.2 Å². The maximum Gasteiger partial charge on any atom is 0.418 e. The highest BCUT2D eigenvalue weighted by Crippen LogP contribution is 2.43. The zero-order valence-electron chi connectivity index (χ0n) is 26.8. The first-order valence-corrected chi connectivity index (χ1v) is 16.2. The quantitative estimate of drug-likeness (QED) is 0.364. The molecule has 13 heteroatoms. The zero-order valence-corrected chi connectivity index (χ0v) is 26.8. The van der Waals surface area contributed by atoms with Crippen LogP contribution in [-0.4, -0.2) is 96.6 Å². The van der Waals surface area contributed by atoms with Crippen molar-refractivity contribution >= 4 is 23.2 Å². The lowest BCUT2D eigenvalue weighted by Crippen LogP contribution is -2.56. The molecule has 47 heavy (non-hydrogen) atoms. The molecule has 0 aliphatic carbocycles. The largest absolute Gasteiger partial charge is 0.477 e. The number of nitrogens with zero attached hydrogens (tertiary/aromatic N) is 5. The number of aromatic nitrogens is 2. The Bertz CT molecular complexity index is 1630. The van der Waals surface area contributed by atoms with E-state index in [0.29, 0.717) is 61.1 Å². The molecule has 3 atom stereocenters. The smallest absolute Gasteiger partial charge is 0.418 e. The number of anilines is 2. The second-order valence-corrected chi connectivity index (χ2v) is 12.3. The number of benzene rings is 1. The fourth-order valence-corrected chi connectivity index (χ4v) is 6.92. The molecule has 5 heterocycles. The number of para-hydroxylation sites is 1. The third-order valence-electron chi connectivity index (χ3n) is 9.28. The van der Waals surface area contributed by atoms with Crippen LogP contribution in [0.1, 0.15) is 54.2 Å². The molecule has 0 bridgehead atoms. The van der Waals surface area contributed by atoms with Gasteiger partial charge >= 0.3 is 6.18 Å². The Labute approximate surface area is 272 Å². The number of hydrogen-bond donors (Lipinski definition) is 2. The Hall–Kier alpha value is -4.39. The van der Waals surface area contributed by atoms with E-state index in [9.17, 15) is 22.8 Å². The first kappa shape index (κ1) is 32.5. The van der Waals surface area contributed by atoms with Crippen molar-refractivity contribution in [3.63, 3.8) is 0 Å². The summed E-state index contributed by atoms with van der Waals surface area (Å²) in [6.45, 7) is 7.24. The molecule has 0 radical (unpaired) electrons. The molecular formula is C34H40F3N7O3. The summed E-state index contributed by atoms with van der Waals surface area (Å²) in [5.74, 6) is -0.748. The lowest BCUT2D eigenvalue weighted by atomic mass is 9.96. The Morgan fingerprint density at radius 1 is 1.06 bits per heavy atom. The molecule has 2 aromatic heterocycles. The number of nitrogens with one attached hydrogen (secondary N) is 2. The van der Waals surface area contributed by atoms with Crippen LogP contribution in [0.15, 0.2) is 48.7 Å². The maximum atomic E-state index is 13.9. The van der Waals surface area contributed by atoms with Gasteiger partial charge in [0, 0.05) is 51.0 Å². The van der Waals surface area contributed by atoms with E-state index in [1.165, 1.54) is 6.07 Å². The van der Waals surface area contributed by atoms with Crippen LogP contribution in [0.4, 0.5) is 24.5 Å². The molecular weight excluding hydrogens is 611 g/mol. The van der Waals surface area contributed by atoms with Crippen LogP contribution in [0.3, 0.4) is 0 Å². The van der Waals surface area contributed by atoms with Crippen LogP contribution in [0.2, 0.25) is 0 Å². The van der Waals surface area contributed by atoms with Crippen LogP contribution in [0.5, 0.6) is 5.88 Å². The van der Waals surface area contributed by atoms with Crippen molar-refractivity contribution in [2.24, 2.45) is 0 Å². The van der Waals surface area contributed by atoms with Crippen molar-refractivity contribution in [3.05, 3.63) is 65.5 Å². The molecule has 3 aromatic rings. The highest BCUT2D eigenvalue weighted by atomic mass is 19.4. The van der Waals surface area contributed by atoms with Gasteiger partial charge in [0.05, 0.1) is 40.7 Å². The summed E-state index contributed by atoms with van der Waals surface area (Å²) in [6.07, 6.45) is -1.35. The molecule has 2 fully saturated rings. The fraction of sp³-hybridized carbons (Fsp3) is 0.471. The van der Waals surface area contributed by atoms with E-state index >= 15 is 0 Å². The average Bonchev–Trinajstić information content (AvgIpc) is 3.69. The highest BCUT2D eigenvalue weighted by Gasteiger charge is 2.41. The number of carbonyl (C=O) groups is 2. The first-order chi connectivity index (χ1) is 22.6. The summed E-state index contributed by atoms with van der Waals surface area (Å²) >= 11 is 0. The number of likely N-dealkylation sites (tertiary alicyclic amines) is 1. The minimum Gasteiger partial charge on any atom is -0.477 e. The van der Waals surface area contributed by atoms with Crippen LogP contribution >= 0.6 is 0 Å². The number of carbonyl (C=O) groups excluding carboxylic acids is 2. The first-order valence-electron chi connectivity index (χ1n) is 16.2. The molecule has 2 saturated heterocycles. The molecule has 0 spiro atoms. The van der Waals surface area contributed by atoms with Gasteiger partial charge in [-0.15, -0.1) is 0 Å². The lowest BCUT2D eigenvalue weighted by Gasteiger charge is -2.43. The summed E-state index contributed by atoms with van der Waals surface area (Å²) in [5.41, 5.74) is 1.80. The highest BCUT2D eigenvalue weighted by molar-refractivity contribution is 5.99. The molecule has 2 amide bonds. The molecule has 1 unspecified atom stereocenters. The molecule has 1 aromatic carbocycles. The van der Waals surface area contributed by atoms with Gasteiger partial charge in [0.25, 0.3) is 5.91 Å². The molecule has 3 aliphatic rings. The third-order valence-corrected chi connectivity index (χ3v) is 9.28. The van der Waals surface area contributed by atoms with Crippen molar-refractivity contribution in [1.82, 2.24) is 25.1 Å². The minimum absolute atomic E-state index is 0.000357. The minimum atomic E-state index is -4.52. The van der Waals surface area contributed by atoms with Crippen molar-refractivity contribution in [1.29, 1.82) is 0 Å². The monoisotopic (exact) mass is 651 g/mol. The van der Waals surface area contributed by atoms with E-state index in [2.05, 4.69) is 25.4 Å². The summed E-state index contributed by atoms with van der Waals surface area (Å²) in [7, 11) is 2.02. The molecule has 2 N–H and O–H groups in total. The lowest BCUT2D eigenvalue weighted by molar-refractivity contribution is -0.137. The summed E-state index contributed by atoms with van der Waals surface area (Å²) in [5, 5.41) is 6.02. The van der Waals surface area contributed by atoms with E-state index in [4.69, 9.17) is 9.72 Å². The van der Waals surface area contributed by atoms with Crippen molar-refractivity contribution < 1.29 is 27.5 Å². The normalized spacial score (nSPS) is 21.4. The van der Waals surface area contributed by atoms with E-state index in [1.54, 1.807) is 23.2 Å². The number of halogens is 3. The van der Waals surface area contributed by atoms with Gasteiger partial charge in [0.15, 0.2) is 5.69 Å². The number of hydrogen-bond acceptors (Lipinski definition) is 8. The third kappa shape index (κ3) is 6.58. The predicted molar refractivity (Wildman–Crippen MR) is 173 cm³/mol. The topological polar surface area (TPSA) is 103 Å². The van der Waals surface area contributed by atoms with Gasteiger partial charge in [-0.25, -0.2) is 9.97 Å². The number of ether oxygens (including phenoxy) is 1. The summed E-state index contributed by atoms with van der Waals surface area (Å²) < 4.78 is 46.7. The van der Waals surface area contributed by atoms with Gasteiger partial charge in [0.2, 0.25) is 11.8 Å². The number of fused-ring (bicyclic) bond motifs is 1. The number of amides is 2. The Kier molecular flexibility index (Phi) is 9.27. The number of rotatable bonds is 8. The molecule has 10 nitrogen and oxygen atoms in total. The molecule has 0 saturated carbocycles. The van der Waals surface area contributed by atoms with E-state index in [-0.39, 0.29) is 41.8 Å². The van der Waals surface area contributed by atoms with Crippen molar-refractivity contribution in [2.75, 3.05) is 63.1 Å². The van der Waals surface area contributed by atoms with Crippen LogP contribution < -0.4 is 20.3 Å². The summed E-state index contributed by atoms with van der Waals surface area (Å²) in [4.78, 5) is 43.0. The Balaban J connectivity index is 1.27. The molecule has 3 aliphatic heterocycles. The SMILES string of the molecule is CCOc1ncccc1-c1ccc(N2CCN(C(=O)C3CNc4c3cccc4C(F)(F)F)C[C@H]2CC)c(C(=O)N[C@H]2CCN(C)C2)n1. The van der Waals surface area contributed by atoms with Gasteiger partial charge in [0.1, 0.15) is 0 Å². The second kappa shape index (κ2) is 13.4. The zero-order chi connectivity index (χ0) is 33.3. The summed E-state index contributed by atoms with van der Waals surface area (Å²) in [6, 6.07) is 11.3. The molecule has 250 valence electrons. The van der Waals surface area contributed by atoms with E-state index in [0.717, 1.165) is 25.6 Å².